The first-order valence-corrected chi connectivity index (χ1v) is 11.7. The van der Waals surface area contributed by atoms with Crippen LogP contribution in [0.25, 0.3) is 0 Å². The topological polar surface area (TPSA) is 38.7 Å². The molecule has 1 N–H and O–H groups in total. The van der Waals surface area contributed by atoms with E-state index in [4.69, 9.17) is 9.47 Å². The van der Waals surface area contributed by atoms with Gasteiger partial charge in [0.25, 0.3) is 0 Å². The molecule has 3 nitrogen and oxygen atoms in total. The molecule has 0 bridgehead atoms. The van der Waals surface area contributed by atoms with Crippen molar-refractivity contribution in [2.45, 2.75) is 91.4 Å². The van der Waals surface area contributed by atoms with E-state index < -0.39 is 0 Å². The second-order valence-electron chi connectivity index (χ2n) is 10.4. The van der Waals surface area contributed by atoms with Crippen LogP contribution in [-0.2, 0) is 5.41 Å². The van der Waals surface area contributed by atoms with Gasteiger partial charge >= 0.3 is 0 Å². The summed E-state index contributed by atoms with van der Waals surface area (Å²) in [5.41, 5.74) is 3.66. The lowest BCUT2D eigenvalue weighted by atomic mass is 9.64. The number of rotatable bonds is 10. The molecule has 1 aromatic carbocycles. The Morgan fingerprint density at radius 3 is 2.17 bits per heavy atom. The third-order valence-corrected chi connectivity index (χ3v) is 7.42. The lowest BCUT2D eigenvalue weighted by Gasteiger charge is -2.41. The molecule has 0 saturated carbocycles. The Balaban J connectivity index is 2.46. The smallest absolute Gasteiger partial charge is 0.126 e. The van der Waals surface area contributed by atoms with Crippen LogP contribution in [0.15, 0.2) is 23.8 Å². The summed E-state index contributed by atoms with van der Waals surface area (Å²) in [6.45, 7) is 13.8. The Bertz CT molecular complexity index is 705. The van der Waals surface area contributed by atoms with Gasteiger partial charge in [-0.1, -0.05) is 73.3 Å². The summed E-state index contributed by atoms with van der Waals surface area (Å²) in [6, 6.07) is 4.43. The van der Waals surface area contributed by atoms with E-state index in [0.717, 1.165) is 35.5 Å². The minimum absolute atomic E-state index is 0.0687. The van der Waals surface area contributed by atoms with Crippen molar-refractivity contribution in [3.8, 4) is 11.5 Å². The zero-order valence-electron chi connectivity index (χ0n) is 20.6. The number of methoxy groups -OCH3 is 2. The van der Waals surface area contributed by atoms with E-state index in [1.807, 2.05) is 0 Å². The fourth-order valence-corrected chi connectivity index (χ4v) is 4.92. The molecule has 170 valence electrons. The molecule has 0 fully saturated rings. The van der Waals surface area contributed by atoms with E-state index in [1.165, 1.54) is 31.2 Å². The number of hydrogen-bond acceptors (Lipinski definition) is 3. The standard InChI is InChI=1S/C27H44O3/c1-9-10-11-12-13-26(3,4)22-15-23(29-7)25(24(16-22)30-8)20-14-21(18-28)19(2)27(5,6)17-20/h14-16,19-20,28H,9-13,17-18H2,1-8H3/t19-,20+/m1/s1. The van der Waals surface area contributed by atoms with Gasteiger partial charge in [-0.2, -0.15) is 0 Å². The maximum absolute atomic E-state index is 9.95. The highest BCUT2D eigenvalue weighted by molar-refractivity contribution is 5.54. The summed E-state index contributed by atoms with van der Waals surface area (Å²) < 4.78 is 11.8. The molecule has 0 amide bonds. The predicted molar refractivity (Wildman–Crippen MR) is 127 cm³/mol. The highest BCUT2D eigenvalue weighted by Crippen LogP contribution is 2.51. The van der Waals surface area contributed by atoms with Crippen LogP contribution in [0.2, 0.25) is 0 Å². The van der Waals surface area contributed by atoms with Crippen LogP contribution in [0, 0.1) is 11.3 Å². The first-order valence-electron chi connectivity index (χ1n) is 11.7. The van der Waals surface area contributed by atoms with Gasteiger partial charge in [0.05, 0.1) is 20.8 Å². The Labute approximate surface area is 184 Å². The minimum Gasteiger partial charge on any atom is -0.496 e. The van der Waals surface area contributed by atoms with Crippen LogP contribution in [0.3, 0.4) is 0 Å². The Morgan fingerprint density at radius 1 is 1.07 bits per heavy atom. The van der Waals surface area contributed by atoms with Gasteiger partial charge < -0.3 is 14.6 Å². The fourth-order valence-electron chi connectivity index (χ4n) is 4.92. The third kappa shape index (κ3) is 5.41. The lowest BCUT2D eigenvalue weighted by molar-refractivity contribution is 0.190. The van der Waals surface area contributed by atoms with Crippen molar-refractivity contribution in [1.29, 1.82) is 0 Å². The third-order valence-electron chi connectivity index (χ3n) is 7.42. The molecule has 0 unspecified atom stereocenters. The molecular formula is C27H44O3. The van der Waals surface area contributed by atoms with Crippen LogP contribution in [0.1, 0.15) is 97.1 Å². The average molecular weight is 417 g/mol. The predicted octanol–water partition coefficient (Wildman–Crippen LogP) is 7.02. The number of aliphatic hydroxyl groups is 1. The highest BCUT2D eigenvalue weighted by atomic mass is 16.5. The van der Waals surface area contributed by atoms with Crippen molar-refractivity contribution in [3.05, 3.63) is 34.9 Å². The first kappa shape index (κ1) is 24.8. The van der Waals surface area contributed by atoms with Gasteiger partial charge in [0.1, 0.15) is 11.5 Å². The van der Waals surface area contributed by atoms with Crippen LogP contribution in [-0.4, -0.2) is 25.9 Å². The van der Waals surface area contributed by atoms with Crippen LogP contribution < -0.4 is 9.47 Å². The molecule has 2 rings (SSSR count). The molecule has 0 spiro atoms. The van der Waals surface area contributed by atoms with E-state index in [9.17, 15) is 5.11 Å². The van der Waals surface area contributed by atoms with E-state index in [0.29, 0.717) is 5.92 Å². The fraction of sp³-hybridized carbons (Fsp3) is 0.704. The van der Waals surface area contributed by atoms with Crippen molar-refractivity contribution in [1.82, 2.24) is 0 Å². The number of unbranched alkanes of at least 4 members (excludes halogenated alkanes) is 3. The Hall–Kier alpha value is -1.48. The SMILES string of the molecule is CCCCCCC(C)(C)c1cc(OC)c([C@H]2C=C(CO)[C@@H](C)C(C)(C)C2)c(OC)c1. The summed E-state index contributed by atoms with van der Waals surface area (Å²) in [7, 11) is 3.51. The van der Waals surface area contributed by atoms with Crippen molar-refractivity contribution >= 4 is 0 Å². The van der Waals surface area contributed by atoms with Crippen molar-refractivity contribution in [2.75, 3.05) is 20.8 Å². The second kappa shape index (κ2) is 10.2. The number of benzene rings is 1. The summed E-state index contributed by atoms with van der Waals surface area (Å²) in [4.78, 5) is 0. The summed E-state index contributed by atoms with van der Waals surface area (Å²) in [6.07, 6.45) is 9.49. The van der Waals surface area contributed by atoms with Crippen molar-refractivity contribution in [2.24, 2.45) is 11.3 Å². The van der Waals surface area contributed by atoms with Crippen LogP contribution >= 0.6 is 0 Å². The first-order chi connectivity index (χ1) is 14.1. The molecular weight excluding hydrogens is 372 g/mol. The zero-order valence-corrected chi connectivity index (χ0v) is 20.6. The number of allylic oxidation sites excluding steroid dienone is 1. The normalized spacial score (nSPS) is 21.3. The minimum atomic E-state index is 0.0687. The Morgan fingerprint density at radius 2 is 1.67 bits per heavy atom. The zero-order chi connectivity index (χ0) is 22.5. The highest BCUT2D eigenvalue weighted by Gasteiger charge is 2.38. The van der Waals surface area contributed by atoms with Gasteiger partial charge in [-0.3, -0.25) is 0 Å². The maximum Gasteiger partial charge on any atom is 0.126 e. The molecule has 30 heavy (non-hydrogen) atoms. The molecule has 1 aliphatic rings. The van der Waals surface area contributed by atoms with Gasteiger partial charge in [0.15, 0.2) is 0 Å². The van der Waals surface area contributed by atoms with E-state index in [2.05, 4.69) is 59.8 Å². The summed E-state index contributed by atoms with van der Waals surface area (Å²) >= 11 is 0. The van der Waals surface area contributed by atoms with Gasteiger partial charge in [-0.15, -0.1) is 0 Å². The molecule has 0 saturated heterocycles. The van der Waals surface area contributed by atoms with Crippen molar-refractivity contribution in [3.63, 3.8) is 0 Å². The molecule has 1 aromatic rings. The summed E-state index contributed by atoms with van der Waals surface area (Å²) in [5, 5.41) is 9.95. The number of ether oxygens (including phenoxy) is 2. The molecule has 0 radical (unpaired) electrons. The molecule has 2 atom stereocenters. The monoisotopic (exact) mass is 416 g/mol. The van der Waals surface area contributed by atoms with Crippen molar-refractivity contribution < 1.29 is 14.6 Å². The van der Waals surface area contributed by atoms with Gasteiger partial charge in [-0.05, 0) is 52.9 Å². The van der Waals surface area contributed by atoms with E-state index in [-0.39, 0.29) is 23.4 Å². The van der Waals surface area contributed by atoms with E-state index >= 15 is 0 Å². The quantitative estimate of drug-likeness (QED) is 0.329. The lowest BCUT2D eigenvalue weighted by Crippen LogP contribution is -2.31. The second-order valence-corrected chi connectivity index (χ2v) is 10.4. The molecule has 0 heterocycles. The maximum atomic E-state index is 9.95. The summed E-state index contributed by atoms with van der Waals surface area (Å²) in [5.74, 6) is 2.33. The van der Waals surface area contributed by atoms with E-state index in [1.54, 1.807) is 14.2 Å². The van der Waals surface area contributed by atoms with Crippen LogP contribution in [0.4, 0.5) is 0 Å². The van der Waals surface area contributed by atoms with Gasteiger partial charge in [0, 0.05) is 11.5 Å². The van der Waals surface area contributed by atoms with Gasteiger partial charge in [0.2, 0.25) is 0 Å². The molecule has 1 aliphatic carbocycles. The molecule has 0 aromatic heterocycles. The molecule has 0 aliphatic heterocycles. The Kier molecular flexibility index (Phi) is 8.44. The number of hydrogen-bond donors (Lipinski definition) is 1. The average Bonchev–Trinajstić information content (AvgIpc) is 2.71. The number of aliphatic hydroxyl groups excluding tert-OH is 1. The van der Waals surface area contributed by atoms with Gasteiger partial charge in [-0.25, -0.2) is 0 Å². The largest absolute Gasteiger partial charge is 0.496 e. The molecule has 3 heteroatoms. The van der Waals surface area contributed by atoms with Crippen LogP contribution in [0.5, 0.6) is 11.5 Å².